The summed E-state index contributed by atoms with van der Waals surface area (Å²) >= 11 is 0. The molecule has 0 bridgehead atoms. The molecule has 2 aromatic heterocycles. The third-order valence-corrected chi connectivity index (χ3v) is 8.85. The summed E-state index contributed by atoms with van der Waals surface area (Å²) in [5.74, 6) is 1.70. The standard InChI is InChI=1S/C31H36N6O2/c1-21-23(28-24-8-3-4-9-26(24)32-22(2)33-28)10-11-25-27(21)34-30(35-29(25)36-14-7-18-38-19-17-36)39-20-31-12-5-15-37(31)16-6-13-31/h3-4,8-11H,5-7,12-20H2,1-2H3. The normalized spacial score (nSPS) is 19.5. The van der Waals surface area contributed by atoms with E-state index in [0.717, 1.165) is 76.4 Å². The minimum atomic E-state index is 0.142. The Bertz CT molecular complexity index is 1520. The first-order valence-corrected chi connectivity index (χ1v) is 14.4. The lowest BCUT2D eigenvalue weighted by atomic mass is 9.95. The molecule has 3 fully saturated rings. The Kier molecular flexibility index (Phi) is 6.32. The average Bonchev–Trinajstić information content (AvgIpc) is 3.41. The maximum Gasteiger partial charge on any atom is 0.319 e. The highest BCUT2D eigenvalue weighted by atomic mass is 16.5. The molecule has 5 heterocycles. The number of rotatable bonds is 5. The molecule has 7 rings (SSSR count). The maximum atomic E-state index is 6.51. The van der Waals surface area contributed by atoms with Crippen molar-refractivity contribution in [2.45, 2.75) is 51.5 Å². The van der Waals surface area contributed by atoms with Gasteiger partial charge >= 0.3 is 6.01 Å². The first-order valence-electron chi connectivity index (χ1n) is 14.4. The van der Waals surface area contributed by atoms with Crippen LogP contribution in [0.2, 0.25) is 0 Å². The second kappa shape index (κ2) is 9.99. The van der Waals surface area contributed by atoms with Gasteiger partial charge in [-0.3, -0.25) is 4.90 Å². The summed E-state index contributed by atoms with van der Waals surface area (Å²) in [5.41, 5.74) is 5.10. The fourth-order valence-corrected chi connectivity index (χ4v) is 6.87. The minimum absolute atomic E-state index is 0.142. The monoisotopic (exact) mass is 524 g/mol. The molecule has 8 heteroatoms. The van der Waals surface area contributed by atoms with Gasteiger partial charge in [0.1, 0.15) is 18.2 Å². The number of ether oxygens (including phenoxy) is 2. The largest absolute Gasteiger partial charge is 0.461 e. The predicted molar refractivity (Wildman–Crippen MR) is 153 cm³/mol. The molecule has 3 saturated heterocycles. The molecule has 0 aliphatic carbocycles. The van der Waals surface area contributed by atoms with Gasteiger partial charge < -0.3 is 14.4 Å². The van der Waals surface area contributed by atoms with E-state index in [1.54, 1.807) is 0 Å². The topological polar surface area (TPSA) is 76.5 Å². The maximum absolute atomic E-state index is 6.51. The van der Waals surface area contributed by atoms with Gasteiger partial charge in [0.15, 0.2) is 0 Å². The van der Waals surface area contributed by atoms with Crippen LogP contribution < -0.4 is 9.64 Å². The average molecular weight is 525 g/mol. The zero-order valence-corrected chi connectivity index (χ0v) is 22.9. The number of nitrogens with zero attached hydrogens (tertiary/aromatic N) is 6. The van der Waals surface area contributed by atoms with Crippen molar-refractivity contribution in [2.24, 2.45) is 0 Å². The molecule has 0 unspecified atom stereocenters. The highest BCUT2D eigenvalue weighted by Crippen LogP contribution is 2.40. The van der Waals surface area contributed by atoms with Crippen molar-refractivity contribution in [3.05, 3.63) is 47.8 Å². The van der Waals surface area contributed by atoms with E-state index in [2.05, 4.69) is 39.9 Å². The molecule has 3 aliphatic rings. The van der Waals surface area contributed by atoms with Gasteiger partial charge in [0.05, 0.1) is 28.9 Å². The molecule has 8 nitrogen and oxygen atoms in total. The molecule has 0 amide bonds. The summed E-state index contributed by atoms with van der Waals surface area (Å²) in [6.45, 7) is 10.3. The fourth-order valence-electron chi connectivity index (χ4n) is 6.87. The molecule has 0 spiro atoms. The quantitative estimate of drug-likeness (QED) is 0.357. The number of fused-ring (bicyclic) bond motifs is 3. The number of hydrogen-bond donors (Lipinski definition) is 0. The molecule has 4 aromatic rings. The van der Waals surface area contributed by atoms with Crippen LogP contribution in [-0.4, -0.2) is 76.4 Å². The van der Waals surface area contributed by atoms with Crippen LogP contribution in [0.4, 0.5) is 5.82 Å². The summed E-state index contributed by atoms with van der Waals surface area (Å²) < 4.78 is 12.3. The van der Waals surface area contributed by atoms with Gasteiger partial charge in [-0.25, -0.2) is 9.97 Å². The smallest absolute Gasteiger partial charge is 0.319 e. The molecule has 0 N–H and O–H groups in total. The molecular weight excluding hydrogens is 488 g/mol. The molecule has 202 valence electrons. The van der Waals surface area contributed by atoms with E-state index in [-0.39, 0.29) is 5.54 Å². The van der Waals surface area contributed by atoms with E-state index < -0.39 is 0 Å². The SMILES string of the molecule is Cc1nc(-c2ccc3c(N4CCCOCC4)nc(OCC45CCCN4CCC5)nc3c2C)c2ccccc2n1. The van der Waals surface area contributed by atoms with E-state index >= 15 is 0 Å². The lowest BCUT2D eigenvalue weighted by molar-refractivity contribution is 0.108. The first kappa shape index (κ1) is 24.7. The Morgan fingerprint density at radius 2 is 1.69 bits per heavy atom. The molecule has 3 aliphatic heterocycles. The van der Waals surface area contributed by atoms with Gasteiger partial charge in [-0.2, -0.15) is 9.97 Å². The summed E-state index contributed by atoms with van der Waals surface area (Å²) in [6.07, 6.45) is 5.86. The predicted octanol–water partition coefficient (Wildman–Crippen LogP) is 5.09. The second-order valence-electron chi connectivity index (χ2n) is 11.3. The second-order valence-corrected chi connectivity index (χ2v) is 11.3. The molecule has 0 atom stereocenters. The van der Waals surface area contributed by atoms with Gasteiger partial charge in [-0.1, -0.05) is 24.3 Å². The summed E-state index contributed by atoms with van der Waals surface area (Å²) in [4.78, 5) is 24.6. The van der Waals surface area contributed by atoms with Crippen LogP contribution in [0.3, 0.4) is 0 Å². The van der Waals surface area contributed by atoms with Crippen molar-refractivity contribution in [1.29, 1.82) is 0 Å². The summed E-state index contributed by atoms with van der Waals surface area (Å²) in [5, 5.41) is 2.09. The van der Waals surface area contributed by atoms with Gasteiger partial charge in [0, 0.05) is 36.0 Å². The Morgan fingerprint density at radius 1 is 0.846 bits per heavy atom. The van der Waals surface area contributed by atoms with E-state index in [9.17, 15) is 0 Å². The third-order valence-electron chi connectivity index (χ3n) is 8.85. The third kappa shape index (κ3) is 4.39. The van der Waals surface area contributed by atoms with Crippen molar-refractivity contribution in [3.63, 3.8) is 0 Å². The Hall–Kier alpha value is -3.36. The van der Waals surface area contributed by atoms with Crippen molar-refractivity contribution in [2.75, 3.05) is 50.9 Å². The van der Waals surface area contributed by atoms with Gasteiger partial charge in [-0.05, 0) is 76.7 Å². The Labute approximate surface area is 229 Å². The van der Waals surface area contributed by atoms with Crippen LogP contribution >= 0.6 is 0 Å². The van der Waals surface area contributed by atoms with Crippen LogP contribution in [0.5, 0.6) is 6.01 Å². The van der Waals surface area contributed by atoms with Crippen LogP contribution in [0.1, 0.15) is 43.5 Å². The molecule has 0 saturated carbocycles. The summed E-state index contributed by atoms with van der Waals surface area (Å²) in [7, 11) is 0. The van der Waals surface area contributed by atoms with Crippen molar-refractivity contribution >= 4 is 27.6 Å². The zero-order chi connectivity index (χ0) is 26.4. The number of hydrogen-bond acceptors (Lipinski definition) is 8. The summed E-state index contributed by atoms with van der Waals surface area (Å²) in [6, 6.07) is 13.0. The molecule has 0 radical (unpaired) electrons. The van der Waals surface area contributed by atoms with Gasteiger partial charge in [0.25, 0.3) is 0 Å². The molecular formula is C31H36N6O2. The Morgan fingerprint density at radius 3 is 2.56 bits per heavy atom. The van der Waals surface area contributed by atoms with E-state index in [1.807, 2.05) is 25.1 Å². The van der Waals surface area contributed by atoms with Crippen molar-refractivity contribution in [1.82, 2.24) is 24.8 Å². The number of anilines is 1. The van der Waals surface area contributed by atoms with Gasteiger partial charge in [-0.15, -0.1) is 0 Å². The molecule has 39 heavy (non-hydrogen) atoms. The molecule has 2 aromatic carbocycles. The lowest BCUT2D eigenvalue weighted by Crippen LogP contribution is -2.43. The first-order chi connectivity index (χ1) is 19.1. The number of para-hydroxylation sites is 1. The van der Waals surface area contributed by atoms with Crippen molar-refractivity contribution in [3.8, 4) is 17.3 Å². The fraction of sp³-hybridized carbons (Fsp3) is 0.484. The van der Waals surface area contributed by atoms with Crippen LogP contribution in [-0.2, 0) is 4.74 Å². The lowest BCUT2D eigenvalue weighted by Gasteiger charge is -2.31. The highest BCUT2D eigenvalue weighted by Gasteiger charge is 2.45. The minimum Gasteiger partial charge on any atom is -0.461 e. The Balaban J connectivity index is 1.35. The highest BCUT2D eigenvalue weighted by molar-refractivity contribution is 6.00. The van der Waals surface area contributed by atoms with E-state index in [0.29, 0.717) is 19.2 Å². The van der Waals surface area contributed by atoms with Crippen molar-refractivity contribution < 1.29 is 9.47 Å². The van der Waals surface area contributed by atoms with E-state index in [4.69, 9.17) is 24.4 Å². The van der Waals surface area contributed by atoms with E-state index in [1.165, 1.54) is 38.8 Å². The zero-order valence-electron chi connectivity index (χ0n) is 22.9. The van der Waals surface area contributed by atoms with Crippen LogP contribution in [0.25, 0.3) is 33.1 Å². The number of benzene rings is 2. The van der Waals surface area contributed by atoms with Gasteiger partial charge in [0.2, 0.25) is 0 Å². The van der Waals surface area contributed by atoms with Crippen LogP contribution in [0.15, 0.2) is 36.4 Å². The number of aryl methyl sites for hydroxylation is 2. The number of aromatic nitrogens is 4. The van der Waals surface area contributed by atoms with Crippen LogP contribution in [0, 0.1) is 13.8 Å².